The third-order valence-electron chi connectivity index (χ3n) is 6.81. The zero-order valence-electron chi connectivity index (χ0n) is 18.0. The Morgan fingerprint density at radius 3 is 2.79 bits per heavy atom. The topological polar surface area (TPSA) is 110 Å². The van der Waals surface area contributed by atoms with Crippen LogP contribution < -0.4 is 0 Å². The number of carbonyl (C=O) groups is 2. The molecule has 172 valence electrons. The van der Waals surface area contributed by atoms with Gasteiger partial charge in [-0.15, -0.1) is 11.3 Å². The SMILES string of the molecule is CN1C(=O)C2C(C3[C@@H](c4nc(Cl)cs4)O[C@H](CO)CN3C2c2cccc(C#N)c2)N(C)C1=O. The molecule has 1 aromatic carbocycles. The zero-order chi connectivity index (χ0) is 23.4. The van der Waals surface area contributed by atoms with Gasteiger partial charge in [-0.1, -0.05) is 23.7 Å². The molecule has 1 N–H and O–H groups in total. The number of aromatic nitrogens is 1. The fourth-order valence-electron chi connectivity index (χ4n) is 5.47. The Hall–Kier alpha value is -2.55. The van der Waals surface area contributed by atoms with Crippen LogP contribution in [0.3, 0.4) is 0 Å². The molecule has 0 bridgehead atoms. The second-order valence-electron chi connectivity index (χ2n) is 8.55. The maximum absolute atomic E-state index is 13.5. The second kappa shape index (κ2) is 8.34. The number of benzene rings is 1. The third-order valence-corrected chi connectivity index (χ3v) is 8.04. The van der Waals surface area contributed by atoms with Crippen molar-refractivity contribution in [3.8, 4) is 6.07 Å². The number of aliphatic hydroxyl groups is 1. The van der Waals surface area contributed by atoms with Gasteiger partial charge in [-0.2, -0.15) is 5.26 Å². The first-order valence-electron chi connectivity index (χ1n) is 10.5. The number of nitriles is 1. The first-order valence-corrected chi connectivity index (χ1v) is 11.8. The Bertz CT molecular complexity index is 1150. The van der Waals surface area contributed by atoms with E-state index in [0.717, 1.165) is 10.5 Å². The van der Waals surface area contributed by atoms with Gasteiger partial charge in [-0.3, -0.25) is 14.6 Å². The van der Waals surface area contributed by atoms with Crippen molar-refractivity contribution in [3.63, 3.8) is 0 Å². The first-order chi connectivity index (χ1) is 15.8. The number of thiazole rings is 1. The van der Waals surface area contributed by atoms with Crippen molar-refractivity contribution in [3.05, 3.63) is 50.9 Å². The Morgan fingerprint density at radius 2 is 2.12 bits per heavy atom. The summed E-state index contributed by atoms with van der Waals surface area (Å²) in [4.78, 5) is 35.7. The Labute approximate surface area is 199 Å². The van der Waals surface area contributed by atoms with Crippen LogP contribution in [-0.2, 0) is 9.53 Å². The Kier molecular flexibility index (Phi) is 5.63. The normalized spacial score (nSPS) is 32.0. The smallest absolute Gasteiger partial charge is 0.326 e. The maximum Gasteiger partial charge on any atom is 0.326 e. The molecular weight excluding hydrogens is 466 g/mol. The molecule has 3 amide bonds. The van der Waals surface area contributed by atoms with Crippen LogP contribution in [0.4, 0.5) is 4.79 Å². The van der Waals surface area contributed by atoms with Crippen molar-refractivity contribution >= 4 is 34.9 Å². The van der Waals surface area contributed by atoms with E-state index in [1.165, 1.54) is 18.4 Å². The lowest BCUT2D eigenvalue weighted by atomic mass is 9.85. The lowest BCUT2D eigenvalue weighted by Gasteiger charge is -2.45. The van der Waals surface area contributed by atoms with Gasteiger partial charge in [0.1, 0.15) is 16.3 Å². The average molecular weight is 488 g/mol. The summed E-state index contributed by atoms with van der Waals surface area (Å²) in [5, 5.41) is 22.1. The van der Waals surface area contributed by atoms with Gasteiger partial charge in [0.2, 0.25) is 5.91 Å². The van der Waals surface area contributed by atoms with E-state index in [9.17, 15) is 20.0 Å². The molecule has 3 fully saturated rings. The van der Waals surface area contributed by atoms with E-state index < -0.39 is 30.2 Å². The predicted octanol–water partition coefficient (Wildman–Crippen LogP) is 2.03. The minimum absolute atomic E-state index is 0.207. The largest absolute Gasteiger partial charge is 0.394 e. The highest BCUT2D eigenvalue weighted by Crippen LogP contribution is 2.52. The van der Waals surface area contributed by atoms with Crippen molar-refractivity contribution in [1.29, 1.82) is 5.26 Å². The molecule has 33 heavy (non-hydrogen) atoms. The maximum atomic E-state index is 13.5. The predicted molar refractivity (Wildman–Crippen MR) is 119 cm³/mol. The highest BCUT2D eigenvalue weighted by atomic mass is 35.5. The van der Waals surface area contributed by atoms with Crippen LogP contribution in [0.25, 0.3) is 0 Å². The number of likely N-dealkylation sites (N-methyl/N-ethyl adjacent to an activating group) is 1. The zero-order valence-corrected chi connectivity index (χ0v) is 19.5. The molecule has 3 aliphatic rings. The first kappa shape index (κ1) is 22.3. The fraction of sp³-hybridized carbons (Fsp3) is 0.455. The van der Waals surface area contributed by atoms with Gasteiger partial charge in [-0.25, -0.2) is 9.78 Å². The summed E-state index contributed by atoms with van der Waals surface area (Å²) < 4.78 is 6.26. The van der Waals surface area contributed by atoms with Crippen molar-refractivity contribution in [1.82, 2.24) is 19.7 Å². The number of aliphatic hydroxyl groups excluding tert-OH is 1. The number of ether oxygens (including phenoxy) is 1. The van der Waals surface area contributed by atoms with Crippen LogP contribution >= 0.6 is 22.9 Å². The molecule has 3 aliphatic heterocycles. The molecule has 0 saturated carbocycles. The number of carbonyl (C=O) groups excluding carboxylic acids is 2. The number of fused-ring (bicyclic) bond motifs is 3. The Balaban J connectivity index is 1.69. The molecule has 1 aromatic heterocycles. The molecule has 0 radical (unpaired) electrons. The average Bonchev–Trinajstić information content (AvgIpc) is 3.42. The highest BCUT2D eigenvalue weighted by molar-refractivity contribution is 7.10. The summed E-state index contributed by atoms with van der Waals surface area (Å²) in [6.07, 6.45) is -1.10. The number of rotatable bonds is 3. The molecule has 11 heteroatoms. The van der Waals surface area contributed by atoms with E-state index in [-0.39, 0.29) is 24.6 Å². The van der Waals surface area contributed by atoms with Gasteiger partial charge in [0.25, 0.3) is 0 Å². The summed E-state index contributed by atoms with van der Waals surface area (Å²) in [5.41, 5.74) is 1.30. The number of morpholine rings is 1. The van der Waals surface area contributed by atoms with E-state index in [1.54, 1.807) is 35.5 Å². The number of hydrogen-bond donors (Lipinski definition) is 1. The molecule has 3 saturated heterocycles. The van der Waals surface area contributed by atoms with Crippen LogP contribution in [0, 0.1) is 17.2 Å². The summed E-state index contributed by atoms with van der Waals surface area (Å²) in [6.45, 7) is 0.159. The number of amides is 3. The van der Waals surface area contributed by atoms with Gasteiger partial charge < -0.3 is 14.7 Å². The minimum Gasteiger partial charge on any atom is -0.394 e. The number of halogens is 1. The summed E-state index contributed by atoms with van der Waals surface area (Å²) >= 11 is 7.45. The minimum atomic E-state index is -0.587. The number of hydrogen-bond acceptors (Lipinski definition) is 8. The molecule has 4 unspecified atom stereocenters. The Morgan fingerprint density at radius 1 is 1.33 bits per heavy atom. The number of urea groups is 1. The van der Waals surface area contributed by atoms with Crippen LogP contribution in [0.2, 0.25) is 5.15 Å². The molecule has 4 heterocycles. The van der Waals surface area contributed by atoms with E-state index in [2.05, 4.69) is 16.0 Å². The summed E-state index contributed by atoms with van der Waals surface area (Å²) in [7, 11) is 3.18. The molecule has 0 spiro atoms. The fourth-order valence-corrected chi connectivity index (χ4v) is 6.49. The lowest BCUT2D eigenvalue weighted by Crippen LogP contribution is -2.62. The molecule has 2 aromatic rings. The van der Waals surface area contributed by atoms with Crippen LogP contribution in [0.5, 0.6) is 0 Å². The van der Waals surface area contributed by atoms with Gasteiger partial charge >= 0.3 is 6.03 Å². The van der Waals surface area contributed by atoms with E-state index in [4.69, 9.17) is 16.3 Å². The van der Waals surface area contributed by atoms with Gasteiger partial charge in [-0.05, 0) is 17.7 Å². The van der Waals surface area contributed by atoms with Crippen molar-refractivity contribution in [2.45, 2.75) is 30.3 Å². The van der Waals surface area contributed by atoms with E-state index in [0.29, 0.717) is 22.3 Å². The summed E-state index contributed by atoms with van der Waals surface area (Å²) in [6, 6.07) is 7.70. The van der Waals surface area contributed by atoms with Crippen LogP contribution in [0.15, 0.2) is 29.6 Å². The number of imide groups is 1. The molecule has 9 nitrogen and oxygen atoms in total. The van der Waals surface area contributed by atoms with Crippen molar-refractivity contribution < 1.29 is 19.4 Å². The standard InChI is InChI=1S/C22H22ClN5O4S/c1-26-17-15(21(30)27(2)22(26)31)16(12-5-3-4-11(6-12)7-24)28-8-13(9-29)32-19(18(17)28)20-25-14(23)10-33-20/h3-6,10,13,15-19,29H,8-9H2,1-2H3/t13-,15?,16?,17?,18?,19-/m0/s1. The van der Waals surface area contributed by atoms with Crippen molar-refractivity contribution in [2.75, 3.05) is 27.2 Å². The van der Waals surface area contributed by atoms with E-state index >= 15 is 0 Å². The van der Waals surface area contributed by atoms with E-state index in [1.807, 2.05) is 6.07 Å². The lowest BCUT2D eigenvalue weighted by molar-refractivity contribution is -0.141. The molecule has 5 rings (SSSR count). The van der Waals surface area contributed by atoms with Crippen LogP contribution in [0.1, 0.15) is 28.3 Å². The monoisotopic (exact) mass is 487 g/mol. The van der Waals surface area contributed by atoms with Gasteiger partial charge in [0.05, 0.1) is 42.3 Å². The van der Waals surface area contributed by atoms with Crippen molar-refractivity contribution in [2.24, 2.45) is 5.92 Å². The molecule has 0 aliphatic carbocycles. The van der Waals surface area contributed by atoms with Gasteiger partial charge in [0.15, 0.2) is 0 Å². The third kappa shape index (κ3) is 3.43. The summed E-state index contributed by atoms with van der Waals surface area (Å²) in [5.74, 6) is -0.850. The quantitative estimate of drug-likeness (QED) is 0.705. The molecular formula is C22H22ClN5O4S. The second-order valence-corrected chi connectivity index (χ2v) is 9.82. The van der Waals surface area contributed by atoms with Gasteiger partial charge in [0, 0.05) is 32.1 Å². The molecule has 6 atom stereocenters. The van der Waals surface area contributed by atoms with Crippen LogP contribution in [-0.4, -0.2) is 82.2 Å². The highest BCUT2D eigenvalue weighted by Gasteiger charge is 2.63. The number of nitrogens with zero attached hydrogens (tertiary/aromatic N) is 5.